The number of ether oxygens (including phenoxy) is 2. The average Bonchev–Trinajstić information content (AvgIpc) is 2.94. The Hall–Kier alpha value is -2.54. The van der Waals surface area contributed by atoms with E-state index in [9.17, 15) is 4.21 Å². The molecule has 150 valence electrons. The molecule has 6 nitrogen and oxygen atoms in total. The van der Waals surface area contributed by atoms with Crippen molar-refractivity contribution in [3.8, 4) is 11.5 Å². The third-order valence-electron chi connectivity index (χ3n) is 4.11. The normalized spacial score (nSPS) is 14.8. The molecule has 3 rings (SSSR count). The molecular formula is C21H27N3O3S. The Labute approximate surface area is 168 Å². The first-order chi connectivity index (χ1) is 13.7. The van der Waals surface area contributed by atoms with Gasteiger partial charge in [0.2, 0.25) is 0 Å². The molecule has 0 bridgehead atoms. The van der Waals surface area contributed by atoms with E-state index in [2.05, 4.69) is 15.6 Å². The molecule has 0 saturated carbocycles. The monoisotopic (exact) mass is 401 g/mol. The first kappa shape index (κ1) is 20.2. The zero-order valence-electron chi connectivity index (χ0n) is 16.1. The summed E-state index contributed by atoms with van der Waals surface area (Å²) in [7, 11) is -0.941. The van der Waals surface area contributed by atoms with Gasteiger partial charge in [0.25, 0.3) is 0 Å². The number of aliphatic imine (C=N–C) groups is 1. The second-order valence-electron chi connectivity index (χ2n) is 6.37. The lowest BCUT2D eigenvalue weighted by molar-refractivity contribution is 0.297. The molecule has 28 heavy (non-hydrogen) atoms. The topological polar surface area (TPSA) is 72.0 Å². The zero-order valence-corrected chi connectivity index (χ0v) is 17.0. The standard InChI is InChI=1S/C21H27N3O3S/c1-2-22-21(23-11-14-28(25)16-17-7-4-3-5-8-17)24-18-9-10-19-20(15-18)27-13-6-12-26-19/h3-5,7-10,15H,2,6,11-14,16H2,1H3,(H2,22,23,24). The van der Waals surface area contributed by atoms with Crippen molar-refractivity contribution in [1.29, 1.82) is 0 Å². The Morgan fingerprint density at radius 2 is 1.89 bits per heavy atom. The molecule has 0 radical (unpaired) electrons. The van der Waals surface area contributed by atoms with E-state index < -0.39 is 10.8 Å². The third kappa shape index (κ3) is 6.27. The van der Waals surface area contributed by atoms with E-state index >= 15 is 0 Å². The number of hydrogen-bond donors (Lipinski definition) is 2. The summed E-state index contributed by atoms with van der Waals surface area (Å²) >= 11 is 0. The fourth-order valence-corrected chi connectivity index (χ4v) is 3.78. The Balaban J connectivity index is 1.56. The van der Waals surface area contributed by atoms with Gasteiger partial charge in [0.1, 0.15) is 0 Å². The summed E-state index contributed by atoms with van der Waals surface area (Å²) in [6.45, 7) is 4.56. The van der Waals surface area contributed by atoms with E-state index in [-0.39, 0.29) is 0 Å². The summed E-state index contributed by atoms with van der Waals surface area (Å²) in [4.78, 5) is 4.55. The third-order valence-corrected chi connectivity index (χ3v) is 5.41. The second kappa shape index (κ2) is 10.7. The van der Waals surface area contributed by atoms with Gasteiger partial charge < -0.3 is 20.1 Å². The number of rotatable bonds is 7. The minimum atomic E-state index is -0.941. The molecule has 1 unspecified atom stereocenters. The highest BCUT2D eigenvalue weighted by atomic mass is 32.2. The molecule has 1 atom stereocenters. The molecule has 0 fully saturated rings. The van der Waals surface area contributed by atoms with E-state index in [1.165, 1.54) is 0 Å². The van der Waals surface area contributed by atoms with E-state index in [1.54, 1.807) is 0 Å². The average molecular weight is 402 g/mol. The smallest absolute Gasteiger partial charge is 0.195 e. The van der Waals surface area contributed by atoms with Crippen molar-refractivity contribution in [2.75, 3.05) is 37.4 Å². The van der Waals surface area contributed by atoms with Crippen LogP contribution in [0.4, 0.5) is 5.69 Å². The first-order valence-electron chi connectivity index (χ1n) is 9.58. The molecule has 0 spiro atoms. The van der Waals surface area contributed by atoms with Crippen LogP contribution in [0.1, 0.15) is 18.9 Å². The number of anilines is 1. The van der Waals surface area contributed by atoms with Gasteiger partial charge in [0.05, 0.1) is 19.8 Å². The van der Waals surface area contributed by atoms with Crippen LogP contribution in [0.2, 0.25) is 0 Å². The van der Waals surface area contributed by atoms with Crippen molar-refractivity contribution in [2.45, 2.75) is 19.1 Å². The summed E-state index contributed by atoms with van der Waals surface area (Å²) in [6.07, 6.45) is 0.877. The van der Waals surface area contributed by atoms with Crippen LogP contribution in [0, 0.1) is 0 Å². The number of benzene rings is 2. The van der Waals surface area contributed by atoms with Gasteiger partial charge in [-0.1, -0.05) is 30.3 Å². The Morgan fingerprint density at radius 3 is 2.68 bits per heavy atom. The summed E-state index contributed by atoms with van der Waals surface area (Å²) in [5, 5.41) is 6.49. The van der Waals surface area contributed by atoms with Gasteiger partial charge in [-0.15, -0.1) is 0 Å². The predicted octanol–water partition coefficient (Wildman–Crippen LogP) is 3.17. The predicted molar refractivity (Wildman–Crippen MR) is 115 cm³/mol. The number of guanidine groups is 1. The summed E-state index contributed by atoms with van der Waals surface area (Å²) < 4.78 is 23.7. The van der Waals surface area contributed by atoms with Gasteiger partial charge in [0, 0.05) is 47.0 Å². The van der Waals surface area contributed by atoms with Gasteiger partial charge in [0.15, 0.2) is 17.5 Å². The number of fused-ring (bicyclic) bond motifs is 1. The largest absolute Gasteiger partial charge is 0.490 e. The molecule has 7 heteroatoms. The molecule has 2 aromatic carbocycles. The number of nitrogens with one attached hydrogen (secondary N) is 2. The van der Waals surface area contributed by atoms with E-state index in [4.69, 9.17) is 9.47 Å². The molecule has 2 N–H and O–H groups in total. The van der Waals surface area contributed by atoms with Gasteiger partial charge in [-0.2, -0.15) is 0 Å². The minimum Gasteiger partial charge on any atom is -0.490 e. The molecule has 0 aliphatic carbocycles. The van der Waals surface area contributed by atoms with Gasteiger partial charge >= 0.3 is 0 Å². The van der Waals surface area contributed by atoms with Crippen molar-refractivity contribution in [3.05, 3.63) is 54.1 Å². The van der Waals surface area contributed by atoms with Crippen molar-refractivity contribution >= 4 is 22.4 Å². The highest BCUT2D eigenvalue weighted by molar-refractivity contribution is 7.84. The van der Waals surface area contributed by atoms with Gasteiger partial charge in [-0.3, -0.25) is 9.20 Å². The second-order valence-corrected chi connectivity index (χ2v) is 7.95. The Kier molecular flexibility index (Phi) is 7.72. The molecule has 1 aliphatic heterocycles. The van der Waals surface area contributed by atoms with Crippen LogP contribution in [0.3, 0.4) is 0 Å². The zero-order chi connectivity index (χ0) is 19.6. The molecule has 1 aliphatic rings. The van der Waals surface area contributed by atoms with Crippen LogP contribution in [0.5, 0.6) is 11.5 Å². The maximum Gasteiger partial charge on any atom is 0.195 e. The molecule has 0 aromatic heterocycles. The molecule has 2 aromatic rings. The SMILES string of the molecule is CCNC(=NCCS(=O)Cc1ccccc1)Nc1ccc2c(c1)OCCCO2. The molecular weight excluding hydrogens is 374 g/mol. The Morgan fingerprint density at radius 1 is 1.11 bits per heavy atom. The molecule has 1 heterocycles. The van der Waals surface area contributed by atoms with Crippen LogP contribution in [0.25, 0.3) is 0 Å². The quantitative estimate of drug-likeness (QED) is 0.551. The highest BCUT2D eigenvalue weighted by Crippen LogP contribution is 2.32. The molecule has 0 saturated heterocycles. The van der Waals surface area contributed by atoms with Gasteiger partial charge in [-0.25, -0.2) is 0 Å². The summed E-state index contributed by atoms with van der Waals surface area (Å²) in [6, 6.07) is 15.6. The van der Waals surface area contributed by atoms with Crippen molar-refractivity contribution in [3.63, 3.8) is 0 Å². The fourth-order valence-electron chi connectivity index (χ4n) is 2.78. The number of hydrogen-bond acceptors (Lipinski definition) is 4. The lowest BCUT2D eigenvalue weighted by atomic mass is 10.2. The summed E-state index contributed by atoms with van der Waals surface area (Å²) in [5.41, 5.74) is 1.95. The van der Waals surface area contributed by atoms with Crippen LogP contribution in [0.15, 0.2) is 53.5 Å². The van der Waals surface area contributed by atoms with Gasteiger partial charge in [-0.05, 0) is 24.6 Å². The lowest BCUT2D eigenvalue weighted by Crippen LogP contribution is -2.31. The highest BCUT2D eigenvalue weighted by Gasteiger charge is 2.11. The van der Waals surface area contributed by atoms with Crippen LogP contribution in [-0.2, 0) is 16.6 Å². The maximum absolute atomic E-state index is 12.3. The fraction of sp³-hybridized carbons (Fsp3) is 0.381. The maximum atomic E-state index is 12.3. The van der Waals surface area contributed by atoms with Crippen LogP contribution in [-0.4, -0.2) is 42.2 Å². The first-order valence-corrected chi connectivity index (χ1v) is 11.1. The van der Waals surface area contributed by atoms with E-state index in [1.807, 2.05) is 55.5 Å². The van der Waals surface area contributed by atoms with Crippen LogP contribution >= 0.6 is 0 Å². The Bertz CT molecular complexity index is 812. The minimum absolute atomic E-state index is 0.485. The van der Waals surface area contributed by atoms with Crippen molar-refractivity contribution in [1.82, 2.24) is 5.32 Å². The lowest BCUT2D eigenvalue weighted by Gasteiger charge is -2.13. The number of nitrogens with zero attached hydrogens (tertiary/aromatic N) is 1. The van der Waals surface area contributed by atoms with Crippen molar-refractivity contribution < 1.29 is 13.7 Å². The molecule has 0 amide bonds. The summed E-state index contributed by atoms with van der Waals surface area (Å²) in [5.74, 6) is 3.24. The van der Waals surface area contributed by atoms with Crippen molar-refractivity contribution in [2.24, 2.45) is 4.99 Å². The van der Waals surface area contributed by atoms with E-state index in [0.717, 1.165) is 35.7 Å². The van der Waals surface area contributed by atoms with Crippen LogP contribution < -0.4 is 20.1 Å². The van der Waals surface area contributed by atoms with E-state index in [0.29, 0.717) is 37.2 Å².